The van der Waals surface area contributed by atoms with Crippen molar-refractivity contribution >= 4 is 18.1 Å². The van der Waals surface area contributed by atoms with Gasteiger partial charge in [-0.2, -0.15) is 5.10 Å². The third-order valence-electron chi connectivity index (χ3n) is 4.66. The van der Waals surface area contributed by atoms with Crippen LogP contribution in [0.3, 0.4) is 0 Å². The van der Waals surface area contributed by atoms with E-state index in [-0.39, 0.29) is 11.9 Å². The maximum Gasteiger partial charge on any atom is 0.220 e. The van der Waals surface area contributed by atoms with Crippen molar-refractivity contribution in [3.05, 3.63) is 47.0 Å². The maximum atomic E-state index is 12.1. The van der Waals surface area contributed by atoms with Gasteiger partial charge in [0, 0.05) is 32.6 Å². The van der Waals surface area contributed by atoms with Gasteiger partial charge < -0.3 is 9.88 Å². The van der Waals surface area contributed by atoms with Crippen molar-refractivity contribution in [3.8, 4) is 0 Å². The van der Waals surface area contributed by atoms with E-state index in [1.54, 1.807) is 6.33 Å². The maximum absolute atomic E-state index is 12.1. The predicted molar refractivity (Wildman–Crippen MR) is 99.5 cm³/mol. The lowest BCUT2D eigenvalue weighted by Crippen LogP contribution is -2.45. The van der Waals surface area contributed by atoms with Gasteiger partial charge in [0.15, 0.2) is 4.77 Å². The van der Waals surface area contributed by atoms with Crippen molar-refractivity contribution in [2.45, 2.75) is 38.4 Å². The quantitative estimate of drug-likeness (QED) is 0.803. The second-order valence-electron chi connectivity index (χ2n) is 6.61. The number of benzene rings is 1. The summed E-state index contributed by atoms with van der Waals surface area (Å²) in [5.74, 6) is 0.147. The summed E-state index contributed by atoms with van der Waals surface area (Å²) in [5.41, 5.74) is 1.21. The van der Waals surface area contributed by atoms with Crippen LogP contribution >= 0.6 is 12.2 Å². The molecule has 1 saturated heterocycles. The van der Waals surface area contributed by atoms with Crippen molar-refractivity contribution < 1.29 is 4.79 Å². The van der Waals surface area contributed by atoms with Gasteiger partial charge in [-0.25, -0.2) is 4.68 Å². The highest BCUT2D eigenvalue weighted by molar-refractivity contribution is 7.71. The smallest absolute Gasteiger partial charge is 0.220 e. The zero-order chi connectivity index (χ0) is 17.6. The Kier molecular flexibility index (Phi) is 5.99. The van der Waals surface area contributed by atoms with Crippen molar-refractivity contribution in [1.29, 1.82) is 0 Å². The van der Waals surface area contributed by atoms with Gasteiger partial charge in [0.1, 0.15) is 6.33 Å². The molecule has 1 aliphatic rings. The van der Waals surface area contributed by atoms with Crippen molar-refractivity contribution in [2.24, 2.45) is 7.05 Å². The lowest BCUT2D eigenvalue weighted by Gasteiger charge is -2.32. The Morgan fingerprint density at radius 3 is 2.64 bits per heavy atom. The van der Waals surface area contributed by atoms with Crippen LogP contribution in [-0.2, 0) is 24.9 Å². The van der Waals surface area contributed by atoms with E-state index < -0.39 is 0 Å². The molecule has 7 heteroatoms. The minimum absolute atomic E-state index is 0.147. The molecule has 0 saturated carbocycles. The molecule has 0 bridgehead atoms. The average molecular weight is 359 g/mol. The molecule has 1 aromatic carbocycles. The van der Waals surface area contributed by atoms with Crippen molar-refractivity contribution in [1.82, 2.24) is 24.6 Å². The second kappa shape index (κ2) is 8.40. The molecule has 6 nitrogen and oxygen atoms in total. The van der Waals surface area contributed by atoms with E-state index in [0.717, 1.165) is 37.1 Å². The van der Waals surface area contributed by atoms with Crippen LogP contribution in [0.4, 0.5) is 0 Å². The molecule has 1 amide bonds. The van der Waals surface area contributed by atoms with E-state index in [1.807, 2.05) is 34.5 Å². The number of piperidine rings is 1. The highest BCUT2D eigenvalue weighted by Crippen LogP contribution is 2.12. The van der Waals surface area contributed by atoms with Crippen LogP contribution in [0.1, 0.15) is 24.8 Å². The Hall–Kier alpha value is -1.99. The summed E-state index contributed by atoms with van der Waals surface area (Å²) in [4.78, 5) is 14.5. The highest BCUT2D eigenvalue weighted by atomic mass is 32.1. The molecule has 25 heavy (non-hydrogen) atoms. The van der Waals surface area contributed by atoms with Crippen molar-refractivity contribution in [3.63, 3.8) is 0 Å². The van der Waals surface area contributed by atoms with E-state index in [2.05, 4.69) is 27.4 Å². The fourth-order valence-electron chi connectivity index (χ4n) is 3.13. The number of likely N-dealkylation sites (tertiary alicyclic amines) is 1. The Labute approximate surface area is 153 Å². The number of aromatic nitrogens is 3. The first kappa shape index (κ1) is 17.8. The van der Waals surface area contributed by atoms with Gasteiger partial charge in [-0.15, -0.1) is 0 Å². The molecule has 0 radical (unpaired) electrons. The Morgan fingerprint density at radius 1 is 1.28 bits per heavy atom. The van der Waals surface area contributed by atoms with Gasteiger partial charge in [-0.05, 0) is 37.0 Å². The third kappa shape index (κ3) is 4.99. The highest BCUT2D eigenvalue weighted by Gasteiger charge is 2.21. The molecule has 2 aromatic rings. The monoisotopic (exact) mass is 359 g/mol. The van der Waals surface area contributed by atoms with E-state index in [4.69, 9.17) is 12.2 Å². The van der Waals surface area contributed by atoms with E-state index in [1.165, 1.54) is 5.56 Å². The zero-order valence-electron chi connectivity index (χ0n) is 14.6. The summed E-state index contributed by atoms with van der Waals surface area (Å²) in [6.07, 6.45) is 5.02. The molecule has 0 aliphatic carbocycles. The molecule has 1 N–H and O–H groups in total. The molecule has 3 rings (SSSR count). The third-order valence-corrected chi connectivity index (χ3v) is 5.16. The number of amides is 1. The average Bonchev–Trinajstić information content (AvgIpc) is 2.95. The molecule has 0 spiro atoms. The summed E-state index contributed by atoms with van der Waals surface area (Å²) < 4.78 is 4.42. The fraction of sp³-hybridized carbons (Fsp3) is 0.500. The largest absolute Gasteiger partial charge is 0.353 e. The molecular weight excluding hydrogens is 334 g/mol. The summed E-state index contributed by atoms with van der Waals surface area (Å²) in [6.45, 7) is 2.61. The van der Waals surface area contributed by atoms with E-state index in [9.17, 15) is 4.79 Å². The van der Waals surface area contributed by atoms with Crippen molar-refractivity contribution in [2.75, 3.05) is 13.1 Å². The lowest BCUT2D eigenvalue weighted by atomic mass is 10.0. The Morgan fingerprint density at radius 2 is 2.00 bits per heavy atom. The summed E-state index contributed by atoms with van der Waals surface area (Å²) in [6, 6.07) is 10.4. The van der Waals surface area contributed by atoms with Gasteiger partial charge in [0.05, 0.1) is 6.67 Å². The molecule has 134 valence electrons. The number of nitrogens with one attached hydrogen (secondary N) is 1. The van der Waals surface area contributed by atoms with Gasteiger partial charge in [-0.1, -0.05) is 30.3 Å². The van der Waals surface area contributed by atoms with E-state index in [0.29, 0.717) is 13.1 Å². The van der Waals surface area contributed by atoms with Crippen LogP contribution < -0.4 is 5.32 Å². The number of hydrogen-bond acceptors (Lipinski definition) is 4. The van der Waals surface area contributed by atoms with Crippen LogP contribution in [0, 0.1) is 4.77 Å². The van der Waals surface area contributed by atoms with Crippen LogP contribution in [-0.4, -0.2) is 44.3 Å². The fourth-order valence-corrected chi connectivity index (χ4v) is 3.28. The number of rotatable bonds is 6. The predicted octanol–water partition coefficient (Wildman–Crippen LogP) is 2.12. The normalized spacial score (nSPS) is 16.0. The topological polar surface area (TPSA) is 55.1 Å². The van der Waals surface area contributed by atoms with E-state index >= 15 is 0 Å². The number of hydrogen-bond donors (Lipinski definition) is 1. The molecule has 1 fully saturated rings. The number of aryl methyl sites for hydroxylation is 2. The van der Waals surface area contributed by atoms with Gasteiger partial charge >= 0.3 is 0 Å². The minimum Gasteiger partial charge on any atom is -0.353 e. The SMILES string of the molecule is Cn1cnn(CN2CCC(NC(=O)CCc3ccccc3)CC2)c1=S. The molecular formula is C18H25N5OS. The molecule has 1 aromatic heterocycles. The summed E-state index contributed by atoms with van der Waals surface area (Å²) in [5, 5.41) is 7.47. The summed E-state index contributed by atoms with van der Waals surface area (Å²) >= 11 is 5.32. The first-order chi connectivity index (χ1) is 12.1. The van der Waals surface area contributed by atoms with Gasteiger partial charge in [0.2, 0.25) is 5.91 Å². The van der Waals surface area contributed by atoms with Crippen LogP contribution in [0.25, 0.3) is 0 Å². The van der Waals surface area contributed by atoms with Crippen LogP contribution in [0.2, 0.25) is 0 Å². The summed E-state index contributed by atoms with van der Waals surface area (Å²) in [7, 11) is 1.91. The zero-order valence-corrected chi connectivity index (χ0v) is 15.4. The molecule has 0 unspecified atom stereocenters. The Balaban J connectivity index is 1.39. The number of carbonyl (C=O) groups excluding carboxylic acids is 1. The van der Waals surface area contributed by atoms with Crippen LogP contribution in [0.15, 0.2) is 36.7 Å². The lowest BCUT2D eigenvalue weighted by molar-refractivity contribution is -0.122. The minimum atomic E-state index is 0.147. The second-order valence-corrected chi connectivity index (χ2v) is 6.98. The standard InChI is InChI=1S/C18H25N5OS/c1-21-13-19-23(18(21)25)14-22-11-9-16(10-12-22)20-17(24)8-7-15-5-3-2-4-6-15/h2-6,13,16H,7-12,14H2,1H3,(H,20,24). The molecule has 1 aliphatic heterocycles. The number of carbonyl (C=O) groups is 1. The number of nitrogens with zero attached hydrogens (tertiary/aromatic N) is 4. The first-order valence-electron chi connectivity index (χ1n) is 8.76. The van der Waals surface area contributed by atoms with Gasteiger partial charge in [-0.3, -0.25) is 9.69 Å². The first-order valence-corrected chi connectivity index (χ1v) is 9.17. The van der Waals surface area contributed by atoms with Gasteiger partial charge in [0.25, 0.3) is 0 Å². The molecule has 0 atom stereocenters. The van der Waals surface area contributed by atoms with Crippen LogP contribution in [0.5, 0.6) is 0 Å². The Bertz CT molecular complexity index is 746. The molecule has 2 heterocycles.